The first-order chi connectivity index (χ1) is 17.5. The topological polar surface area (TPSA) is 62.7 Å². The van der Waals surface area contributed by atoms with Gasteiger partial charge in [-0.15, -0.1) is 11.8 Å². The lowest BCUT2D eigenvalue weighted by atomic mass is 9.79. The molecule has 3 atom stereocenters. The third-order valence-corrected chi connectivity index (χ3v) is 8.23. The number of nitrogens with zero attached hydrogens (tertiary/aromatic N) is 2. The van der Waals surface area contributed by atoms with Crippen LogP contribution in [-0.4, -0.2) is 53.5 Å². The summed E-state index contributed by atoms with van der Waals surface area (Å²) in [5.41, 5.74) is 1.41. The van der Waals surface area contributed by atoms with Crippen molar-refractivity contribution in [1.82, 2.24) is 9.88 Å². The van der Waals surface area contributed by atoms with Gasteiger partial charge in [-0.25, -0.2) is 4.39 Å². The van der Waals surface area contributed by atoms with Crippen LogP contribution >= 0.6 is 11.8 Å². The van der Waals surface area contributed by atoms with Gasteiger partial charge in [0.1, 0.15) is 11.9 Å². The number of pyridine rings is 1. The van der Waals surface area contributed by atoms with E-state index in [2.05, 4.69) is 34.1 Å². The van der Waals surface area contributed by atoms with E-state index in [1.54, 1.807) is 19.4 Å². The van der Waals surface area contributed by atoms with Crippen LogP contribution in [0, 0.1) is 11.8 Å². The van der Waals surface area contributed by atoms with Crippen LogP contribution in [0.3, 0.4) is 0 Å². The highest BCUT2D eigenvalue weighted by atomic mass is 32.2. The summed E-state index contributed by atoms with van der Waals surface area (Å²) >= 11 is 1.85. The van der Waals surface area contributed by atoms with Crippen molar-refractivity contribution in [3.05, 3.63) is 66.4 Å². The highest BCUT2D eigenvalue weighted by Crippen LogP contribution is 2.36. The third kappa shape index (κ3) is 7.20. The van der Waals surface area contributed by atoms with E-state index in [1.807, 2.05) is 36.0 Å². The zero-order chi connectivity index (χ0) is 25.3. The number of halogens is 1. The zero-order valence-corrected chi connectivity index (χ0v) is 21.6. The number of rotatable bonds is 12. The number of thioether (sulfide) groups is 1. The number of hydrogen-bond acceptors (Lipinski definition) is 5. The lowest BCUT2D eigenvalue weighted by Gasteiger charge is -2.39. The predicted molar refractivity (Wildman–Crippen MR) is 143 cm³/mol. The first kappa shape index (κ1) is 26.4. The van der Waals surface area contributed by atoms with Crippen molar-refractivity contribution in [3.63, 3.8) is 0 Å². The SMILES string of the molecule is COc1ccc2nccc([C@H](F)CC[C@@H]3CCN(CCSc4ccccc4)C[C@H]3CCC(=O)O)c2c1. The average molecular weight is 511 g/mol. The molecule has 0 saturated carbocycles. The number of carboxylic acids is 1. The molecule has 4 rings (SSSR count). The zero-order valence-electron chi connectivity index (χ0n) is 20.8. The minimum absolute atomic E-state index is 0.168. The van der Waals surface area contributed by atoms with Gasteiger partial charge >= 0.3 is 5.97 Å². The molecule has 1 N–H and O–H groups in total. The van der Waals surface area contributed by atoms with Crippen molar-refractivity contribution >= 4 is 28.6 Å². The summed E-state index contributed by atoms with van der Waals surface area (Å²) in [5, 5.41) is 10.1. The number of hydrogen-bond donors (Lipinski definition) is 1. The smallest absolute Gasteiger partial charge is 0.303 e. The predicted octanol–water partition coefficient (Wildman–Crippen LogP) is 6.63. The second-order valence-corrected chi connectivity index (χ2v) is 10.7. The van der Waals surface area contributed by atoms with Gasteiger partial charge in [0.2, 0.25) is 0 Å². The van der Waals surface area contributed by atoms with Crippen molar-refractivity contribution in [2.75, 3.05) is 32.5 Å². The van der Waals surface area contributed by atoms with E-state index in [0.29, 0.717) is 30.1 Å². The maximum absolute atomic E-state index is 15.5. The number of carbonyl (C=O) groups is 1. The number of piperidine rings is 1. The molecule has 7 heteroatoms. The fraction of sp³-hybridized carbons (Fsp3) is 0.448. The molecule has 2 heterocycles. The number of likely N-dealkylation sites (tertiary alicyclic amines) is 1. The fourth-order valence-electron chi connectivity index (χ4n) is 5.25. The van der Waals surface area contributed by atoms with Crippen LogP contribution in [0.5, 0.6) is 5.75 Å². The minimum Gasteiger partial charge on any atom is -0.497 e. The van der Waals surface area contributed by atoms with E-state index in [9.17, 15) is 9.90 Å². The number of alkyl halides is 1. The van der Waals surface area contributed by atoms with Gasteiger partial charge in [-0.05, 0) is 86.0 Å². The van der Waals surface area contributed by atoms with Gasteiger partial charge in [-0.3, -0.25) is 9.78 Å². The van der Waals surface area contributed by atoms with E-state index in [-0.39, 0.29) is 12.3 Å². The molecule has 0 bridgehead atoms. The van der Waals surface area contributed by atoms with Crippen molar-refractivity contribution < 1.29 is 19.0 Å². The fourth-order valence-corrected chi connectivity index (χ4v) is 6.18. The van der Waals surface area contributed by atoms with Gasteiger partial charge in [-0.1, -0.05) is 18.2 Å². The highest BCUT2D eigenvalue weighted by Gasteiger charge is 2.30. The number of carboxylic acid groups (broad SMARTS) is 1. The summed E-state index contributed by atoms with van der Waals surface area (Å²) < 4.78 is 20.9. The summed E-state index contributed by atoms with van der Waals surface area (Å²) in [7, 11) is 1.61. The van der Waals surface area contributed by atoms with Crippen LogP contribution in [0.25, 0.3) is 10.9 Å². The molecule has 1 aliphatic heterocycles. The molecule has 5 nitrogen and oxygen atoms in total. The van der Waals surface area contributed by atoms with Crippen LogP contribution in [-0.2, 0) is 4.79 Å². The molecule has 1 aromatic heterocycles. The molecule has 1 aliphatic rings. The Labute approximate surface area is 217 Å². The van der Waals surface area contributed by atoms with Gasteiger partial charge in [0.25, 0.3) is 0 Å². The molecule has 0 aliphatic carbocycles. The quantitative estimate of drug-likeness (QED) is 0.276. The van der Waals surface area contributed by atoms with Crippen molar-refractivity contribution in [2.45, 2.75) is 43.2 Å². The molecule has 0 radical (unpaired) electrons. The van der Waals surface area contributed by atoms with Crippen molar-refractivity contribution in [3.8, 4) is 5.75 Å². The first-order valence-electron chi connectivity index (χ1n) is 12.7. The Hall–Kier alpha value is -2.64. The largest absolute Gasteiger partial charge is 0.497 e. The highest BCUT2D eigenvalue weighted by molar-refractivity contribution is 7.99. The van der Waals surface area contributed by atoms with E-state index in [1.165, 1.54) is 4.90 Å². The number of benzene rings is 2. The van der Waals surface area contributed by atoms with Crippen molar-refractivity contribution in [2.24, 2.45) is 11.8 Å². The lowest BCUT2D eigenvalue weighted by Crippen LogP contribution is -2.41. The summed E-state index contributed by atoms with van der Waals surface area (Å²) in [6.07, 6.45) is 3.55. The Morgan fingerprint density at radius 1 is 1.19 bits per heavy atom. The molecule has 3 aromatic rings. The van der Waals surface area contributed by atoms with Gasteiger partial charge in [0.05, 0.1) is 12.6 Å². The minimum atomic E-state index is -1.09. The van der Waals surface area contributed by atoms with Crippen LogP contribution in [0.15, 0.2) is 65.7 Å². The van der Waals surface area contributed by atoms with E-state index in [4.69, 9.17) is 4.74 Å². The van der Waals surface area contributed by atoms with Gasteiger partial charge < -0.3 is 14.7 Å². The second kappa shape index (κ2) is 13.1. The van der Waals surface area contributed by atoms with Crippen molar-refractivity contribution in [1.29, 1.82) is 0 Å². The summed E-state index contributed by atoms with van der Waals surface area (Å²) in [4.78, 5) is 19.4. The molecule has 2 aromatic carbocycles. The Kier molecular flexibility index (Phi) is 9.59. The van der Waals surface area contributed by atoms with Crippen LogP contribution < -0.4 is 4.74 Å². The van der Waals surface area contributed by atoms with E-state index in [0.717, 1.165) is 49.1 Å². The normalized spacial score (nSPS) is 19.3. The Balaban J connectivity index is 1.35. The first-order valence-corrected chi connectivity index (χ1v) is 13.7. The summed E-state index contributed by atoms with van der Waals surface area (Å²) in [6, 6.07) is 17.7. The maximum Gasteiger partial charge on any atom is 0.303 e. The van der Waals surface area contributed by atoms with Crippen LogP contribution in [0.4, 0.5) is 4.39 Å². The third-order valence-electron chi connectivity index (χ3n) is 7.23. The number of aromatic nitrogens is 1. The Bertz CT molecular complexity index is 1130. The second-order valence-electron chi connectivity index (χ2n) is 9.53. The monoisotopic (exact) mass is 510 g/mol. The summed E-state index contributed by atoms with van der Waals surface area (Å²) in [5.74, 6) is 1.55. The van der Waals surface area contributed by atoms with E-state index >= 15 is 4.39 Å². The van der Waals surface area contributed by atoms with E-state index < -0.39 is 12.1 Å². The van der Waals surface area contributed by atoms with Gasteiger partial charge in [-0.2, -0.15) is 0 Å². The van der Waals surface area contributed by atoms with Crippen LogP contribution in [0.2, 0.25) is 0 Å². The van der Waals surface area contributed by atoms with Crippen LogP contribution in [0.1, 0.15) is 43.8 Å². The number of aliphatic carboxylic acids is 1. The molecular weight excluding hydrogens is 475 g/mol. The van der Waals surface area contributed by atoms with Gasteiger partial charge in [0, 0.05) is 41.7 Å². The molecule has 0 spiro atoms. The Morgan fingerprint density at radius 3 is 2.81 bits per heavy atom. The molecular formula is C29H35FN2O3S. The number of ether oxygens (including phenoxy) is 1. The molecule has 1 fully saturated rings. The molecule has 192 valence electrons. The van der Waals surface area contributed by atoms with Gasteiger partial charge in [0.15, 0.2) is 0 Å². The number of fused-ring (bicyclic) bond motifs is 1. The summed E-state index contributed by atoms with van der Waals surface area (Å²) in [6.45, 7) is 2.85. The molecule has 1 saturated heterocycles. The molecule has 0 unspecified atom stereocenters. The number of methoxy groups -OCH3 is 1. The lowest BCUT2D eigenvalue weighted by molar-refractivity contribution is -0.137. The average Bonchev–Trinajstić information content (AvgIpc) is 2.91. The standard InChI is InChI=1S/C29H35FN2O3S/c1-35-23-9-11-28-26(19-23)25(13-15-31-28)27(30)10-7-21-14-16-32(20-22(21)8-12-29(33)34)17-18-36-24-5-3-2-4-6-24/h2-6,9,11,13,15,19,21-22,27H,7-8,10,12,14,16-18,20H2,1H3,(H,33,34)/t21-,22-,27-/m1/s1. The molecule has 0 amide bonds. The molecule has 36 heavy (non-hydrogen) atoms. The maximum atomic E-state index is 15.5. The Morgan fingerprint density at radius 2 is 2.03 bits per heavy atom.